The van der Waals surface area contributed by atoms with Crippen LogP contribution in [0, 0.1) is 5.92 Å². The first-order valence-corrected chi connectivity index (χ1v) is 7.53. The Morgan fingerprint density at radius 3 is 2.84 bits per heavy atom. The highest BCUT2D eigenvalue weighted by Crippen LogP contribution is 2.22. The number of imidazole rings is 1. The van der Waals surface area contributed by atoms with Crippen LogP contribution in [-0.2, 0) is 13.0 Å². The number of benzene rings is 1. The molecule has 1 aliphatic rings. The van der Waals surface area contributed by atoms with Gasteiger partial charge in [-0.1, -0.05) is 19.1 Å². The SMILES string of the molecule is CCCn1c(CC2CCNCC2)nc2ccccc21. The quantitative estimate of drug-likeness (QED) is 0.912. The zero-order valence-electron chi connectivity index (χ0n) is 11.7. The van der Waals surface area contributed by atoms with Crippen molar-refractivity contribution in [1.29, 1.82) is 0 Å². The molecule has 0 amide bonds. The summed E-state index contributed by atoms with van der Waals surface area (Å²) < 4.78 is 2.43. The van der Waals surface area contributed by atoms with E-state index in [1.807, 2.05) is 0 Å². The van der Waals surface area contributed by atoms with E-state index in [0.29, 0.717) is 0 Å². The number of fused-ring (bicyclic) bond motifs is 1. The Morgan fingerprint density at radius 1 is 1.26 bits per heavy atom. The topological polar surface area (TPSA) is 29.9 Å². The van der Waals surface area contributed by atoms with Gasteiger partial charge in [0.2, 0.25) is 0 Å². The van der Waals surface area contributed by atoms with Gasteiger partial charge in [0.25, 0.3) is 0 Å². The molecule has 0 saturated carbocycles. The lowest BCUT2D eigenvalue weighted by molar-refractivity contribution is 0.363. The normalized spacial score (nSPS) is 17.1. The molecule has 0 aliphatic carbocycles. The molecule has 3 nitrogen and oxygen atoms in total. The van der Waals surface area contributed by atoms with Crippen molar-refractivity contribution in [2.45, 2.75) is 39.2 Å². The molecule has 1 aromatic carbocycles. The van der Waals surface area contributed by atoms with Gasteiger partial charge in [0.1, 0.15) is 5.82 Å². The van der Waals surface area contributed by atoms with Crippen molar-refractivity contribution >= 4 is 11.0 Å². The first-order valence-electron chi connectivity index (χ1n) is 7.53. The molecular weight excluding hydrogens is 234 g/mol. The van der Waals surface area contributed by atoms with Gasteiger partial charge < -0.3 is 9.88 Å². The number of piperidine rings is 1. The predicted molar refractivity (Wildman–Crippen MR) is 79.3 cm³/mol. The molecule has 2 heterocycles. The van der Waals surface area contributed by atoms with Crippen molar-refractivity contribution in [2.24, 2.45) is 5.92 Å². The smallest absolute Gasteiger partial charge is 0.110 e. The Bertz CT molecular complexity index is 538. The Labute approximate surface area is 115 Å². The van der Waals surface area contributed by atoms with Crippen molar-refractivity contribution in [1.82, 2.24) is 14.9 Å². The van der Waals surface area contributed by atoms with Gasteiger partial charge in [0.15, 0.2) is 0 Å². The third kappa shape index (κ3) is 2.66. The van der Waals surface area contributed by atoms with Gasteiger partial charge in [-0.05, 0) is 50.4 Å². The average Bonchev–Trinajstić information content (AvgIpc) is 2.79. The number of nitrogens with zero attached hydrogens (tertiary/aromatic N) is 2. The second-order valence-corrected chi connectivity index (χ2v) is 5.57. The van der Waals surface area contributed by atoms with Gasteiger partial charge in [0, 0.05) is 13.0 Å². The summed E-state index contributed by atoms with van der Waals surface area (Å²) >= 11 is 0. The monoisotopic (exact) mass is 257 g/mol. The minimum Gasteiger partial charge on any atom is -0.328 e. The fourth-order valence-corrected chi connectivity index (χ4v) is 3.10. The maximum absolute atomic E-state index is 4.87. The molecule has 1 aromatic heterocycles. The molecule has 3 rings (SSSR count). The van der Waals surface area contributed by atoms with Crippen LogP contribution in [-0.4, -0.2) is 22.6 Å². The van der Waals surface area contributed by atoms with Crippen molar-refractivity contribution in [3.8, 4) is 0 Å². The summed E-state index contributed by atoms with van der Waals surface area (Å²) in [7, 11) is 0. The maximum atomic E-state index is 4.87. The summed E-state index contributed by atoms with van der Waals surface area (Å²) in [5.74, 6) is 2.09. The van der Waals surface area contributed by atoms with Crippen molar-refractivity contribution in [2.75, 3.05) is 13.1 Å². The van der Waals surface area contributed by atoms with Gasteiger partial charge in [0.05, 0.1) is 11.0 Å². The molecule has 0 bridgehead atoms. The minimum absolute atomic E-state index is 0.800. The fraction of sp³-hybridized carbons (Fsp3) is 0.562. The van der Waals surface area contributed by atoms with Gasteiger partial charge in [-0.15, -0.1) is 0 Å². The lowest BCUT2D eigenvalue weighted by Gasteiger charge is -2.22. The number of rotatable bonds is 4. The first-order chi connectivity index (χ1) is 9.38. The van der Waals surface area contributed by atoms with E-state index >= 15 is 0 Å². The third-order valence-corrected chi connectivity index (χ3v) is 4.11. The van der Waals surface area contributed by atoms with Crippen LogP contribution in [0.25, 0.3) is 11.0 Å². The molecule has 2 aromatic rings. The largest absolute Gasteiger partial charge is 0.328 e. The second-order valence-electron chi connectivity index (χ2n) is 5.57. The summed E-state index contributed by atoms with van der Waals surface area (Å²) in [6.45, 7) is 5.65. The van der Waals surface area contributed by atoms with E-state index in [-0.39, 0.29) is 0 Å². The summed E-state index contributed by atoms with van der Waals surface area (Å²) in [6.07, 6.45) is 4.88. The molecule has 3 heteroatoms. The number of nitrogens with one attached hydrogen (secondary N) is 1. The number of hydrogen-bond acceptors (Lipinski definition) is 2. The number of aromatic nitrogens is 2. The van der Waals surface area contributed by atoms with Crippen LogP contribution in [0.15, 0.2) is 24.3 Å². The molecule has 1 saturated heterocycles. The Hall–Kier alpha value is -1.35. The molecule has 1 N–H and O–H groups in total. The fourth-order valence-electron chi connectivity index (χ4n) is 3.10. The van der Waals surface area contributed by atoms with Crippen LogP contribution >= 0.6 is 0 Å². The van der Waals surface area contributed by atoms with Gasteiger partial charge in [-0.25, -0.2) is 4.98 Å². The van der Waals surface area contributed by atoms with Gasteiger partial charge >= 0.3 is 0 Å². The molecule has 0 atom stereocenters. The van der Waals surface area contributed by atoms with E-state index in [4.69, 9.17) is 4.98 Å². The highest BCUT2D eigenvalue weighted by Gasteiger charge is 2.17. The highest BCUT2D eigenvalue weighted by molar-refractivity contribution is 5.75. The van der Waals surface area contributed by atoms with E-state index in [1.54, 1.807) is 0 Å². The van der Waals surface area contributed by atoms with Crippen molar-refractivity contribution in [3.63, 3.8) is 0 Å². The Balaban J connectivity index is 1.90. The van der Waals surface area contributed by atoms with E-state index in [9.17, 15) is 0 Å². The van der Waals surface area contributed by atoms with Crippen LogP contribution in [0.2, 0.25) is 0 Å². The molecular formula is C16H23N3. The highest BCUT2D eigenvalue weighted by atomic mass is 15.1. The molecule has 0 spiro atoms. The molecule has 0 unspecified atom stereocenters. The zero-order valence-corrected chi connectivity index (χ0v) is 11.7. The predicted octanol–water partition coefficient (Wildman–Crippen LogP) is 2.99. The van der Waals surface area contributed by atoms with Gasteiger partial charge in [-0.2, -0.15) is 0 Å². The molecule has 19 heavy (non-hydrogen) atoms. The first kappa shape index (κ1) is 12.7. The number of para-hydroxylation sites is 2. The second kappa shape index (κ2) is 5.74. The molecule has 1 fully saturated rings. The van der Waals surface area contributed by atoms with Crippen LogP contribution in [0.3, 0.4) is 0 Å². The van der Waals surface area contributed by atoms with Crippen LogP contribution < -0.4 is 5.32 Å². The Kier molecular flexibility index (Phi) is 3.83. The summed E-state index contributed by atoms with van der Waals surface area (Å²) in [5, 5.41) is 3.44. The summed E-state index contributed by atoms with van der Waals surface area (Å²) in [6, 6.07) is 8.53. The van der Waals surface area contributed by atoms with Crippen LogP contribution in [0.5, 0.6) is 0 Å². The van der Waals surface area contributed by atoms with Crippen LogP contribution in [0.4, 0.5) is 0 Å². The van der Waals surface area contributed by atoms with Gasteiger partial charge in [-0.3, -0.25) is 0 Å². The molecule has 0 radical (unpaired) electrons. The summed E-state index contributed by atoms with van der Waals surface area (Å²) in [5.41, 5.74) is 2.45. The Morgan fingerprint density at radius 2 is 2.05 bits per heavy atom. The maximum Gasteiger partial charge on any atom is 0.110 e. The standard InChI is InChI=1S/C16H23N3/c1-2-11-19-15-6-4-3-5-14(15)18-16(19)12-13-7-9-17-10-8-13/h3-6,13,17H,2,7-12H2,1H3. The van der Waals surface area contributed by atoms with Crippen molar-refractivity contribution in [3.05, 3.63) is 30.1 Å². The van der Waals surface area contributed by atoms with Crippen molar-refractivity contribution < 1.29 is 0 Å². The van der Waals surface area contributed by atoms with Crippen LogP contribution in [0.1, 0.15) is 32.0 Å². The lowest BCUT2D eigenvalue weighted by atomic mass is 9.94. The minimum atomic E-state index is 0.800. The van der Waals surface area contributed by atoms with E-state index in [1.165, 1.54) is 43.7 Å². The van der Waals surface area contributed by atoms with E-state index < -0.39 is 0 Å². The summed E-state index contributed by atoms with van der Waals surface area (Å²) in [4.78, 5) is 4.87. The zero-order chi connectivity index (χ0) is 13.1. The average molecular weight is 257 g/mol. The molecule has 1 aliphatic heterocycles. The third-order valence-electron chi connectivity index (χ3n) is 4.11. The molecule has 102 valence electrons. The van der Waals surface area contributed by atoms with E-state index in [2.05, 4.69) is 41.1 Å². The number of hydrogen-bond donors (Lipinski definition) is 1. The lowest BCUT2D eigenvalue weighted by Crippen LogP contribution is -2.29. The van der Waals surface area contributed by atoms with E-state index in [0.717, 1.165) is 24.4 Å². The number of aryl methyl sites for hydroxylation is 1.